The highest BCUT2D eigenvalue weighted by atomic mass is 16.5. The molecule has 2 rings (SSSR count). The number of benzene rings is 1. The molecule has 2 unspecified atom stereocenters. The van der Waals surface area contributed by atoms with Gasteiger partial charge in [0.25, 0.3) is 0 Å². The molecule has 2 atom stereocenters. The van der Waals surface area contributed by atoms with Gasteiger partial charge in [-0.25, -0.2) is 0 Å². The lowest BCUT2D eigenvalue weighted by Crippen LogP contribution is -2.37. The van der Waals surface area contributed by atoms with Gasteiger partial charge in [-0.1, -0.05) is 12.1 Å². The summed E-state index contributed by atoms with van der Waals surface area (Å²) in [4.78, 5) is 14.0. The second-order valence-electron chi connectivity index (χ2n) is 6.82. The van der Waals surface area contributed by atoms with Crippen LogP contribution in [0.2, 0.25) is 0 Å². The highest BCUT2D eigenvalue weighted by Gasteiger charge is 2.17. The Labute approximate surface area is 150 Å². The number of aryl methyl sites for hydroxylation is 1. The van der Waals surface area contributed by atoms with Crippen LogP contribution in [0.1, 0.15) is 24.0 Å². The van der Waals surface area contributed by atoms with E-state index in [-0.39, 0.29) is 25.2 Å². The van der Waals surface area contributed by atoms with E-state index in [4.69, 9.17) is 9.47 Å². The normalized spacial score (nSPS) is 18.5. The van der Waals surface area contributed by atoms with Crippen LogP contribution in [-0.2, 0) is 14.3 Å². The van der Waals surface area contributed by atoms with Crippen LogP contribution in [0.25, 0.3) is 0 Å². The van der Waals surface area contributed by atoms with Gasteiger partial charge in [0, 0.05) is 18.8 Å². The van der Waals surface area contributed by atoms with Crippen LogP contribution in [0.4, 0.5) is 5.69 Å². The molecule has 25 heavy (non-hydrogen) atoms. The largest absolute Gasteiger partial charge is 0.389 e. The van der Waals surface area contributed by atoms with Crippen LogP contribution in [0.5, 0.6) is 0 Å². The van der Waals surface area contributed by atoms with E-state index in [1.807, 2.05) is 39.1 Å². The summed E-state index contributed by atoms with van der Waals surface area (Å²) in [5.74, 6) is -0.0938. The van der Waals surface area contributed by atoms with E-state index in [0.717, 1.165) is 36.3 Å². The summed E-state index contributed by atoms with van der Waals surface area (Å²) in [7, 11) is 1.81. The lowest BCUT2D eigenvalue weighted by atomic mass is 10.1. The van der Waals surface area contributed by atoms with Gasteiger partial charge in [0.05, 0.1) is 32.0 Å². The number of nitrogens with one attached hydrogen (secondary N) is 1. The number of rotatable bonds is 9. The lowest BCUT2D eigenvalue weighted by Gasteiger charge is -2.21. The number of aliphatic hydroxyl groups excluding tert-OH is 1. The molecular weight excluding hydrogens is 320 g/mol. The molecule has 0 aliphatic carbocycles. The Bertz CT molecular complexity index is 558. The van der Waals surface area contributed by atoms with Gasteiger partial charge in [-0.2, -0.15) is 0 Å². The third kappa shape index (κ3) is 6.74. The fraction of sp³-hybridized carbons (Fsp3) is 0.632. The Hall–Kier alpha value is -1.47. The number of nitrogens with zero attached hydrogens (tertiary/aromatic N) is 1. The zero-order valence-corrected chi connectivity index (χ0v) is 15.5. The first-order chi connectivity index (χ1) is 12.0. The average Bonchev–Trinajstić information content (AvgIpc) is 3.05. The van der Waals surface area contributed by atoms with Crippen molar-refractivity contribution >= 4 is 11.6 Å². The number of amides is 1. The summed E-state index contributed by atoms with van der Waals surface area (Å²) in [5, 5.41) is 13.0. The van der Waals surface area contributed by atoms with Crippen LogP contribution in [0.3, 0.4) is 0 Å². The minimum absolute atomic E-state index is 0.0938. The zero-order valence-electron chi connectivity index (χ0n) is 15.5. The molecule has 1 aromatic rings. The number of carbonyl (C=O) groups excluding carboxylic acids is 1. The number of hydrogen-bond donors (Lipinski definition) is 2. The van der Waals surface area contributed by atoms with E-state index in [1.165, 1.54) is 0 Å². The SMILES string of the molecule is Cc1cccc(NC(=O)CN(C)CC(O)COCC2CCCO2)c1C. The van der Waals surface area contributed by atoms with Crippen molar-refractivity contribution in [3.05, 3.63) is 29.3 Å². The van der Waals surface area contributed by atoms with Crippen molar-refractivity contribution in [2.45, 2.75) is 38.9 Å². The molecule has 0 saturated carbocycles. The predicted octanol–water partition coefficient (Wildman–Crippen LogP) is 1.73. The van der Waals surface area contributed by atoms with E-state index < -0.39 is 6.10 Å². The van der Waals surface area contributed by atoms with E-state index in [0.29, 0.717) is 13.2 Å². The van der Waals surface area contributed by atoms with Crippen molar-refractivity contribution in [1.29, 1.82) is 0 Å². The smallest absolute Gasteiger partial charge is 0.238 e. The molecule has 0 radical (unpaired) electrons. The highest BCUT2D eigenvalue weighted by Crippen LogP contribution is 2.17. The molecule has 6 nitrogen and oxygen atoms in total. The third-order valence-corrected chi connectivity index (χ3v) is 4.45. The lowest BCUT2D eigenvalue weighted by molar-refractivity contribution is -0.117. The Balaban J connectivity index is 1.66. The fourth-order valence-electron chi connectivity index (χ4n) is 2.91. The van der Waals surface area contributed by atoms with Crippen molar-refractivity contribution in [2.75, 3.05) is 45.3 Å². The predicted molar refractivity (Wildman–Crippen MR) is 97.8 cm³/mol. The maximum absolute atomic E-state index is 12.2. The highest BCUT2D eigenvalue weighted by molar-refractivity contribution is 5.93. The second kappa shape index (κ2) is 9.87. The molecule has 6 heteroatoms. The summed E-state index contributed by atoms with van der Waals surface area (Å²) in [6.45, 7) is 6.18. The van der Waals surface area contributed by atoms with E-state index >= 15 is 0 Å². The Kier molecular flexibility index (Phi) is 7.84. The minimum Gasteiger partial charge on any atom is -0.389 e. The van der Waals surface area contributed by atoms with Gasteiger partial charge in [0.2, 0.25) is 5.91 Å². The summed E-state index contributed by atoms with van der Waals surface area (Å²) >= 11 is 0. The standard InChI is InChI=1S/C19H30N2O4/c1-14-6-4-8-18(15(14)2)20-19(23)11-21(3)10-16(22)12-24-13-17-7-5-9-25-17/h4,6,8,16-17,22H,5,7,9-13H2,1-3H3,(H,20,23). The van der Waals surface area contributed by atoms with Gasteiger partial charge in [0.1, 0.15) is 0 Å². The average molecular weight is 350 g/mol. The van der Waals surface area contributed by atoms with Gasteiger partial charge < -0.3 is 19.9 Å². The number of hydrogen-bond acceptors (Lipinski definition) is 5. The number of carbonyl (C=O) groups is 1. The molecule has 1 fully saturated rings. The number of aliphatic hydroxyl groups is 1. The van der Waals surface area contributed by atoms with Gasteiger partial charge in [0.15, 0.2) is 0 Å². The molecule has 1 heterocycles. The molecule has 0 aromatic heterocycles. The van der Waals surface area contributed by atoms with Crippen LogP contribution in [0.15, 0.2) is 18.2 Å². The molecule has 1 aliphatic heterocycles. The van der Waals surface area contributed by atoms with Crippen LogP contribution < -0.4 is 5.32 Å². The Morgan fingerprint density at radius 1 is 1.48 bits per heavy atom. The fourth-order valence-corrected chi connectivity index (χ4v) is 2.91. The molecule has 0 bridgehead atoms. The van der Waals surface area contributed by atoms with Crippen molar-refractivity contribution in [3.8, 4) is 0 Å². The van der Waals surface area contributed by atoms with Gasteiger partial charge in [-0.05, 0) is 50.9 Å². The van der Waals surface area contributed by atoms with Crippen LogP contribution in [-0.4, -0.2) is 68.1 Å². The van der Waals surface area contributed by atoms with Crippen molar-refractivity contribution in [1.82, 2.24) is 4.90 Å². The van der Waals surface area contributed by atoms with E-state index in [9.17, 15) is 9.90 Å². The van der Waals surface area contributed by atoms with Gasteiger partial charge in [-0.3, -0.25) is 9.69 Å². The summed E-state index contributed by atoms with van der Waals surface area (Å²) < 4.78 is 11.0. The summed E-state index contributed by atoms with van der Waals surface area (Å²) in [5.41, 5.74) is 3.05. The molecule has 0 spiro atoms. The number of anilines is 1. The van der Waals surface area contributed by atoms with Crippen molar-refractivity contribution < 1.29 is 19.4 Å². The molecule has 1 amide bonds. The van der Waals surface area contributed by atoms with Crippen LogP contribution >= 0.6 is 0 Å². The van der Waals surface area contributed by atoms with Crippen LogP contribution in [0, 0.1) is 13.8 Å². The van der Waals surface area contributed by atoms with E-state index in [2.05, 4.69) is 5.32 Å². The Morgan fingerprint density at radius 3 is 3.00 bits per heavy atom. The zero-order chi connectivity index (χ0) is 18.2. The third-order valence-electron chi connectivity index (χ3n) is 4.45. The number of likely N-dealkylation sites (N-methyl/N-ethyl adjacent to an activating group) is 1. The Morgan fingerprint density at radius 2 is 2.28 bits per heavy atom. The minimum atomic E-state index is -0.625. The quantitative estimate of drug-likeness (QED) is 0.710. The first kappa shape index (κ1) is 19.8. The molecule has 1 aliphatic rings. The maximum atomic E-state index is 12.2. The van der Waals surface area contributed by atoms with E-state index in [1.54, 1.807) is 4.90 Å². The first-order valence-electron chi connectivity index (χ1n) is 8.87. The molecule has 2 N–H and O–H groups in total. The monoisotopic (exact) mass is 350 g/mol. The van der Waals surface area contributed by atoms with Crippen molar-refractivity contribution in [3.63, 3.8) is 0 Å². The maximum Gasteiger partial charge on any atom is 0.238 e. The first-order valence-corrected chi connectivity index (χ1v) is 8.87. The molecular formula is C19H30N2O4. The second-order valence-corrected chi connectivity index (χ2v) is 6.82. The topological polar surface area (TPSA) is 71.0 Å². The molecule has 140 valence electrons. The summed E-state index contributed by atoms with van der Waals surface area (Å²) in [6, 6.07) is 5.84. The van der Waals surface area contributed by atoms with Gasteiger partial charge in [-0.15, -0.1) is 0 Å². The summed E-state index contributed by atoms with van der Waals surface area (Å²) in [6.07, 6.45) is 1.64. The van der Waals surface area contributed by atoms with Crippen molar-refractivity contribution in [2.24, 2.45) is 0 Å². The number of ether oxygens (including phenoxy) is 2. The van der Waals surface area contributed by atoms with Gasteiger partial charge >= 0.3 is 0 Å². The molecule has 1 aromatic carbocycles. The molecule has 1 saturated heterocycles.